The SMILES string of the molecule is CCc1ccc2oc(-c3ccc(OCc4ccccc4)cc3)nc2c1. The monoisotopic (exact) mass is 329 g/mol. The molecule has 0 saturated heterocycles. The maximum Gasteiger partial charge on any atom is 0.227 e. The molecule has 0 fully saturated rings. The van der Waals surface area contributed by atoms with Gasteiger partial charge in [-0.2, -0.15) is 0 Å². The summed E-state index contributed by atoms with van der Waals surface area (Å²) in [5.74, 6) is 1.47. The van der Waals surface area contributed by atoms with Crippen LogP contribution < -0.4 is 4.74 Å². The molecular formula is C22H19NO2. The summed E-state index contributed by atoms with van der Waals surface area (Å²) in [4.78, 5) is 4.61. The van der Waals surface area contributed by atoms with Crippen molar-refractivity contribution in [1.29, 1.82) is 0 Å². The number of hydrogen-bond acceptors (Lipinski definition) is 3. The highest BCUT2D eigenvalue weighted by atomic mass is 16.5. The molecule has 0 amide bonds. The topological polar surface area (TPSA) is 35.3 Å². The van der Waals surface area contributed by atoms with Crippen molar-refractivity contribution in [3.05, 3.63) is 83.9 Å². The predicted octanol–water partition coefficient (Wildman–Crippen LogP) is 5.64. The number of fused-ring (bicyclic) bond motifs is 1. The maximum absolute atomic E-state index is 5.87. The first-order valence-electron chi connectivity index (χ1n) is 8.48. The first-order chi connectivity index (χ1) is 12.3. The smallest absolute Gasteiger partial charge is 0.227 e. The van der Waals surface area contributed by atoms with Crippen molar-refractivity contribution in [3.8, 4) is 17.2 Å². The van der Waals surface area contributed by atoms with E-state index in [1.807, 2.05) is 48.5 Å². The predicted molar refractivity (Wildman–Crippen MR) is 99.6 cm³/mol. The average Bonchev–Trinajstić information content (AvgIpc) is 3.10. The molecule has 0 bridgehead atoms. The van der Waals surface area contributed by atoms with E-state index in [2.05, 4.69) is 36.2 Å². The second-order valence-electron chi connectivity index (χ2n) is 5.97. The normalized spacial score (nSPS) is 10.9. The zero-order valence-corrected chi connectivity index (χ0v) is 14.1. The van der Waals surface area contributed by atoms with Crippen molar-refractivity contribution in [2.24, 2.45) is 0 Å². The van der Waals surface area contributed by atoms with Crippen molar-refractivity contribution in [2.75, 3.05) is 0 Å². The van der Waals surface area contributed by atoms with Crippen LogP contribution in [0.5, 0.6) is 5.75 Å². The molecule has 0 spiro atoms. The number of oxazole rings is 1. The Labute approximate surface area is 146 Å². The summed E-state index contributed by atoms with van der Waals surface area (Å²) in [6.45, 7) is 2.69. The Hall–Kier alpha value is -3.07. The lowest BCUT2D eigenvalue weighted by atomic mass is 10.1. The van der Waals surface area contributed by atoms with Crippen LogP contribution in [0.3, 0.4) is 0 Å². The van der Waals surface area contributed by atoms with Crippen molar-refractivity contribution in [3.63, 3.8) is 0 Å². The Morgan fingerprint density at radius 2 is 1.68 bits per heavy atom. The molecule has 3 nitrogen and oxygen atoms in total. The van der Waals surface area contributed by atoms with Gasteiger partial charge in [0.05, 0.1) is 0 Å². The van der Waals surface area contributed by atoms with Crippen LogP contribution in [-0.2, 0) is 13.0 Å². The first kappa shape index (κ1) is 15.5. The van der Waals surface area contributed by atoms with Gasteiger partial charge in [0.2, 0.25) is 5.89 Å². The van der Waals surface area contributed by atoms with Gasteiger partial charge in [0.25, 0.3) is 0 Å². The highest BCUT2D eigenvalue weighted by Crippen LogP contribution is 2.26. The van der Waals surface area contributed by atoms with Crippen molar-refractivity contribution >= 4 is 11.1 Å². The van der Waals surface area contributed by atoms with E-state index in [1.165, 1.54) is 5.56 Å². The molecule has 0 aliphatic rings. The van der Waals surface area contributed by atoms with Gasteiger partial charge in [-0.05, 0) is 53.9 Å². The Morgan fingerprint density at radius 1 is 0.880 bits per heavy atom. The summed E-state index contributed by atoms with van der Waals surface area (Å²) in [7, 11) is 0. The Kier molecular flexibility index (Phi) is 4.21. The van der Waals surface area contributed by atoms with Crippen LogP contribution in [0.2, 0.25) is 0 Å². The van der Waals surface area contributed by atoms with Crippen LogP contribution in [0.15, 0.2) is 77.2 Å². The van der Waals surface area contributed by atoms with Gasteiger partial charge in [0.1, 0.15) is 17.9 Å². The number of aromatic nitrogens is 1. The van der Waals surface area contributed by atoms with Gasteiger partial charge in [-0.3, -0.25) is 0 Å². The molecule has 4 rings (SSSR count). The molecule has 0 unspecified atom stereocenters. The number of aryl methyl sites for hydroxylation is 1. The zero-order chi connectivity index (χ0) is 17.1. The summed E-state index contributed by atoms with van der Waals surface area (Å²) in [5.41, 5.74) is 5.07. The Morgan fingerprint density at radius 3 is 2.44 bits per heavy atom. The molecular weight excluding hydrogens is 310 g/mol. The highest BCUT2D eigenvalue weighted by Gasteiger charge is 2.09. The standard InChI is InChI=1S/C22H19NO2/c1-2-16-8-13-21-20(14-16)23-22(25-21)18-9-11-19(12-10-18)24-15-17-6-4-3-5-7-17/h3-14H,2,15H2,1H3. The Bertz CT molecular complexity index is 972. The minimum absolute atomic E-state index is 0.558. The van der Waals surface area contributed by atoms with Gasteiger partial charge in [-0.15, -0.1) is 0 Å². The average molecular weight is 329 g/mol. The van der Waals surface area contributed by atoms with Gasteiger partial charge in [-0.25, -0.2) is 4.98 Å². The molecule has 124 valence electrons. The van der Waals surface area contributed by atoms with Gasteiger partial charge in [0, 0.05) is 5.56 Å². The summed E-state index contributed by atoms with van der Waals surface area (Å²) in [6.07, 6.45) is 0.992. The van der Waals surface area contributed by atoms with Crippen LogP contribution in [0, 0.1) is 0 Å². The highest BCUT2D eigenvalue weighted by molar-refractivity contribution is 5.77. The molecule has 3 heteroatoms. The molecule has 0 N–H and O–H groups in total. The van der Waals surface area contributed by atoms with Crippen molar-refractivity contribution in [2.45, 2.75) is 20.0 Å². The Balaban J connectivity index is 1.51. The largest absolute Gasteiger partial charge is 0.489 e. The molecule has 3 aromatic carbocycles. The van der Waals surface area contributed by atoms with E-state index in [0.717, 1.165) is 34.4 Å². The van der Waals surface area contributed by atoms with Crippen LogP contribution in [0.25, 0.3) is 22.6 Å². The van der Waals surface area contributed by atoms with Crippen molar-refractivity contribution < 1.29 is 9.15 Å². The molecule has 0 radical (unpaired) electrons. The van der Waals surface area contributed by atoms with E-state index in [4.69, 9.17) is 9.15 Å². The van der Waals surface area contributed by atoms with Crippen molar-refractivity contribution in [1.82, 2.24) is 4.98 Å². The summed E-state index contributed by atoms with van der Waals surface area (Å²) < 4.78 is 11.7. The molecule has 1 aromatic heterocycles. The van der Waals surface area contributed by atoms with E-state index < -0.39 is 0 Å². The van der Waals surface area contributed by atoms with E-state index >= 15 is 0 Å². The minimum Gasteiger partial charge on any atom is -0.489 e. The fourth-order valence-electron chi connectivity index (χ4n) is 2.75. The first-order valence-corrected chi connectivity index (χ1v) is 8.48. The lowest BCUT2D eigenvalue weighted by Crippen LogP contribution is -1.94. The molecule has 0 aliphatic carbocycles. The lowest BCUT2D eigenvalue weighted by Gasteiger charge is -2.06. The minimum atomic E-state index is 0.558. The number of rotatable bonds is 5. The fraction of sp³-hybridized carbons (Fsp3) is 0.136. The van der Waals surface area contributed by atoms with Gasteiger partial charge in [-0.1, -0.05) is 43.3 Å². The second kappa shape index (κ2) is 6.81. The summed E-state index contributed by atoms with van der Waals surface area (Å²) in [6, 6.07) is 24.1. The van der Waals surface area contributed by atoms with E-state index in [0.29, 0.717) is 12.5 Å². The van der Waals surface area contributed by atoms with Gasteiger partial charge >= 0.3 is 0 Å². The van der Waals surface area contributed by atoms with Crippen LogP contribution in [-0.4, -0.2) is 4.98 Å². The third-order valence-electron chi connectivity index (χ3n) is 4.21. The number of nitrogens with zero attached hydrogens (tertiary/aromatic N) is 1. The van der Waals surface area contributed by atoms with Gasteiger partial charge in [0.15, 0.2) is 5.58 Å². The quantitative estimate of drug-likeness (QED) is 0.475. The summed E-state index contributed by atoms with van der Waals surface area (Å²) >= 11 is 0. The molecule has 4 aromatic rings. The van der Waals surface area contributed by atoms with E-state index in [1.54, 1.807) is 0 Å². The van der Waals surface area contributed by atoms with Crippen LogP contribution >= 0.6 is 0 Å². The number of hydrogen-bond donors (Lipinski definition) is 0. The molecule has 25 heavy (non-hydrogen) atoms. The molecule has 0 atom stereocenters. The fourth-order valence-corrected chi connectivity index (χ4v) is 2.75. The molecule has 1 heterocycles. The summed E-state index contributed by atoms with van der Waals surface area (Å²) in [5, 5.41) is 0. The maximum atomic E-state index is 5.87. The third kappa shape index (κ3) is 3.41. The van der Waals surface area contributed by atoms with Gasteiger partial charge < -0.3 is 9.15 Å². The molecule has 0 saturated carbocycles. The third-order valence-corrected chi connectivity index (χ3v) is 4.21. The second-order valence-corrected chi connectivity index (χ2v) is 5.97. The number of benzene rings is 3. The van der Waals surface area contributed by atoms with E-state index in [9.17, 15) is 0 Å². The van der Waals surface area contributed by atoms with Crippen LogP contribution in [0.4, 0.5) is 0 Å². The van der Waals surface area contributed by atoms with Crippen LogP contribution in [0.1, 0.15) is 18.1 Å². The molecule has 0 aliphatic heterocycles. The van der Waals surface area contributed by atoms with E-state index in [-0.39, 0.29) is 0 Å². The lowest BCUT2D eigenvalue weighted by molar-refractivity contribution is 0.306. The zero-order valence-electron chi connectivity index (χ0n) is 14.1. The number of ether oxygens (including phenoxy) is 1.